The molecule has 2 atom stereocenters. The highest BCUT2D eigenvalue weighted by molar-refractivity contribution is 5.95. The number of rotatable bonds is 11. The Hall–Kier alpha value is -4.04. The van der Waals surface area contributed by atoms with Gasteiger partial charge in [0.1, 0.15) is 17.9 Å². The van der Waals surface area contributed by atoms with Gasteiger partial charge >= 0.3 is 0 Å². The standard InChI is InChI=1S/C30H35FN4O3/c1-30(2,33)16-8-13-27(36)35(3)26(18-20-14-15-21-9-4-5-10-22(21)17-20)29(38)34-25(28(32)37)19-23-11-6-7-12-24(23)31/h4-15,17,25-26H,16,18-19,33H2,1-3H3,(H2,32,37)(H,34,38)/b13-8+. The Kier molecular flexibility index (Phi) is 9.36. The summed E-state index contributed by atoms with van der Waals surface area (Å²) in [4.78, 5) is 40.1. The van der Waals surface area contributed by atoms with Gasteiger partial charge < -0.3 is 21.7 Å². The summed E-state index contributed by atoms with van der Waals surface area (Å²) in [7, 11) is 1.53. The summed E-state index contributed by atoms with van der Waals surface area (Å²) in [5.74, 6) is -2.26. The first-order valence-electron chi connectivity index (χ1n) is 12.5. The lowest BCUT2D eigenvalue weighted by atomic mass is 9.99. The molecule has 8 heteroatoms. The number of benzene rings is 3. The number of fused-ring (bicyclic) bond motifs is 1. The fraction of sp³-hybridized carbons (Fsp3) is 0.300. The highest BCUT2D eigenvalue weighted by Crippen LogP contribution is 2.19. The summed E-state index contributed by atoms with van der Waals surface area (Å²) >= 11 is 0. The molecule has 0 radical (unpaired) electrons. The van der Waals surface area contributed by atoms with Crippen LogP contribution in [0.4, 0.5) is 4.39 Å². The van der Waals surface area contributed by atoms with Gasteiger partial charge in [0.05, 0.1) is 0 Å². The molecule has 0 aromatic heterocycles. The van der Waals surface area contributed by atoms with Crippen molar-refractivity contribution in [1.29, 1.82) is 0 Å². The van der Waals surface area contributed by atoms with Crippen LogP contribution in [-0.4, -0.2) is 47.3 Å². The Bertz CT molecular complexity index is 1330. The summed E-state index contributed by atoms with van der Waals surface area (Å²) < 4.78 is 14.2. The van der Waals surface area contributed by atoms with Gasteiger partial charge in [0, 0.05) is 25.4 Å². The van der Waals surface area contributed by atoms with Gasteiger partial charge in [-0.05, 0) is 54.3 Å². The molecule has 0 fully saturated rings. The van der Waals surface area contributed by atoms with E-state index in [1.54, 1.807) is 12.1 Å². The summed E-state index contributed by atoms with van der Waals surface area (Å²) in [6.45, 7) is 3.70. The molecule has 0 saturated carbocycles. The van der Waals surface area contributed by atoms with E-state index >= 15 is 0 Å². The second-order valence-corrected chi connectivity index (χ2v) is 10.2. The van der Waals surface area contributed by atoms with Gasteiger partial charge in [0.25, 0.3) is 0 Å². The second-order valence-electron chi connectivity index (χ2n) is 10.2. The summed E-state index contributed by atoms with van der Waals surface area (Å²) in [5.41, 5.74) is 12.2. The highest BCUT2D eigenvalue weighted by Gasteiger charge is 2.30. The lowest BCUT2D eigenvalue weighted by molar-refractivity contribution is -0.137. The fourth-order valence-corrected chi connectivity index (χ4v) is 4.10. The first-order valence-corrected chi connectivity index (χ1v) is 12.5. The van der Waals surface area contributed by atoms with Crippen LogP contribution in [0.3, 0.4) is 0 Å². The van der Waals surface area contributed by atoms with Crippen molar-refractivity contribution in [2.24, 2.45) is 11.5 Å². The number of nitrogens with two attached hydrogens (primary N) is 2. The first-order chi connectivity index (χ1) is 17.9. The molecule has 0 heterocycles. The van der Waals surface area contributed by atoms with E-state index < -0.39 is 35.3 Å². The molecule has 0 spiro atoms. The van der Waals surface area contributed by atoms with Gasteiger partial charge in [-0.25, -0.2) is 4.39 Å². The van der Waals surface area contributed by atoms with Gasteiger partial charge in [-0.15, -0.1) is 0 Å². The Balaban J connectivity index is 1.87. The minimum absolute atomic E-state index is 0.112. The molecular formula is C30H35FN4O3. The number of hydrogen-bond acceptors (Lipinski definition) is 4. The smallest absolute Gasteiger partial charge is 0.246 e. The molecule has 3 rings (SSSR count). The van der Waals surface area contributed by atoms with Gasteiger partial charge in [0.15, 0.2) is 0 Å². The van der Waals surface area contributed by atoms with Crippen LogP contribution < -0.4 is 16.8 Å². The normalized spacial score (nSPS) is 13.3. The zero-order valence-corrected chi connectivity index (χ0v) is 22.0. The van der Waals surface area contributed by atoms with Crippen LogP contribution in [0.5, 0.6) is 0 Å². The number of hydrogen-bond donors (Lipinski definition) is 3. The van der Waals surface area contributed by atoms with Crippen molar-refractivity contribution in [3.63, 3.8) is 0 Å². The molecule has 0 aliphatic carbocycles. The fourth-order valence-electron chi connectivity index (χ4n) is 4.10. The number of primary amides is 1. The van der Waals surface area contributed by atoms with Crippen LogP contribution in [0.15, 0.2) is 78.9 Å². The Morgan fingerprint density at radius 2 is 1.66 bits per heavy atom. The maximum absolute atomic E-state index is 14.2. The molecule has 0 aliphatic heterocycles. The molecule has 5 N–H and O–H groups in total. The lowest BCUT2D eigenvalue weighted by Crippen LogP contribution is -2.54. The third kappa shape index (κ3) is 7.98. The van der Waals surface area contributed by atoms with E-state index in [9.17, 15) is 18.8 Å². The van der Waals surface area contributed by atoms with Crippen molar-refractivity contribution in [2.75, 3.05) is 7.05 Å². The Morgan fingerprint density at radius 1 is 1.00 bits per heavy atom. The highest BCUT2D eigenvalue weighted by atomic mass is 19.1. The zero-order valence-electron chi connectivity index (χ0n) is 22.0. The Labute approximate surface area is 222 Å². The van der Waals surface area contributed by atoms with E-state index in [1.807, 2.05) is 56.3 Å². The molecule has 3 amide bonds. The van der Waals surface area contributed by atoms with Crippen LogP contribution in [0.1, 0.15) is 31.4 Å². The molecule has 0 saturated heterocycles. The largest absolute Gasteiger partial charge is 0.368 e. The van der Waals surface area contributed by atoms with Crippen LogP contribution in [0.2, 0.25) is 0 Å². The van der Waals surface area contributed by atoms with E-state index in [0.717, 1.165) is 16.3 Å². The van der Waals surface area contributed by atoms with Crippen molar-refractivity contribution in [1.82, 2.24) is 10.2 Å². The summed E-state index contributed by atoms with van der Waals surface area (Å²) in [6, 6.07) is 17.5. The van der Waals surface area contributed by atoms with Crippen molar-refractivity contribution in [3.05, 3.63) is 95.8 Å². The monoisotopic (exact) mass is 518 g/mol. The molecule has 0 bridgehead atoms. The molecular weight excluding hydrogens is 483 g/mol. The third-order valence-electron chi connectivity index (χ3n) is 6.31. The number of carbonyl (C=O) groups excluding carboxylic acids is 3. The molecule has 0 aliphatic rings. The summed E-state index contributed by atoms with van der Waals surface area (Å²) in [6.07, 6.45) is 3.62. The van der Waals surface area contributed by atoms with E-state index in [0.29, 0.717) is 6.42 Å². The number of nitrogens with zero attached hydrogens (tertiary/aromatic N) is 1. The van der Waals surface area contributed by atoms with Crippen LogP contribution in [-0.2, 0) is 27.2 Å². The zero-order chi connectivity index (χ0) is 27.9. The van der Waals surface area contributed by atoms with Gasteiger partial charge in [0.2, 0.25) is 17.7 Å². The maximum Gasteiger partial charge on any atom is 0.246 e. The minimum atomic E-state index is -1.16. The van der Waals surface area contributed by atoms with E-state index in [-0.39, 0.29) is 24.3 Å². The quantitative estimate of drug-likeness (QED) is 0.338. The number of nitrogens with one attached hydrogen (secondary N) is 1. The molecule has 3 aromatic rings. The predicted molar refractivity (Wildman–Crippen MR) is 147 cm³/mol. The third-order valence-corrected chi connectivity index (χ3v) is 6.31. The molecule has 3 aromatic carbocycles. The number of amides is 3. The Morgan fingerprint density at radius 3 is 2.32 bits per heavy atom. The van der Waals surface area contributed by atoms with Crippen LogP contribution in [0, 0.1) is 5.82 Å². The van der Waals surface area contributed by atoms with E-state index in [2.05, 4.69) is 5.32 Å². The van der Waals surface area contributed by atoms with Crippen LogP contribution >= 0.6 is 0 Å². The van der Waals surface area contributed by atoms with E-state index in [1.165, 1.54) is 36.2 Å². The minimum Gasteiger partial charge on any atom is -0.368 e. The van der Waals surface area contributed by atoms with Gasteiger partial charge in [-0.2, -0.15) is 0 Å². The molecule has 200 valence electrons. The average Bonchev–Trinajstić information content (AvgIpc) is 2.86. The van der Waals surface area contributed by atoms with Crippen molar-refractivity contribution in [3.8, 4) is 0 Å². The number of halogens is 1. The SMILES string of the molecule is CN(C(=O)/C=C/CC(C)(C)N)C(Cc1ccc2ccccc2c1)C(=O)NC(Cc1ccccc1F)C(N)=O. The van der Waals surface area contributed by atoms with Crippen molar-refractivity contribution in [2.45, 2.75) is 50.7 Å². The average molecular weight is 519 g/mol. The molecule has 38 heavy (non-hydrogen) atoms. The van der Waals surface area contributed by atoms with Gasteiger partial charge in [-0.1, -0.05) is 66.7 Å². The topological polar surface area (TPSA) is 119 Å². The lowest BCUT2D eigenvalue weighted by Gasteiger charge is -2.28. The number of carbonyl (C=O) groups is 3. The maximum atomic E-state index is 14.2. The first kappa shape index (κ1) is 28.5. The van der Waals surface area contributed by atoms with Crippen molar-refractivity contribution >= 4 is 28.5 Å². The molecule has 2 unspecified atom stereocenters. The number of likely N-dealkylation sites (N-methyl/N-ethyl adjacent to an activating group) is 1. The van der Waals surface area contributed by atoms with Crippen LogP contribution in [0.25, 0.3) is 10.8 Å². The summed E-state index contributed by atoms with van der Waals surface area (Å²) in [5, 5.41) is 4.69. The van der Waals surface area contributed by atoms with E-state index in [4.69, 9.17) is 11.5 Å². The second kappa shape index (κ2) is 12.5. The van der Waals surface area contributed by atoms with Crippen molar-refractivity contribution < 1.29 is 18.8 Å². The predicted octanol–water partition coefficient (Wildman–Crippen LogP) is 3.24. The van der Waals surface area contributed by atoms with Gasteiger partial charge in [-0.3, -0.25) is 14.4 Å². The molecule has 7 nitrogen and oxygen atoms in total.